The second-order valence-corrected chi connectivity index (χ2v) is 5.57. The standard InChI is InChI=1S/C15H17FN2OS/c1-10(14-8-5-9-20-14)17-11(2)15(19)18-13-7-4-3-6-12(13)16/h3-11,17H,1-2H3,(H,18,19)/t10-,11+/m0/s1. The molecule has 1 aromatic heterocycles. The molecule has 0 aliphatic carbocycles. The lowest BCUT2D eigenvalue weighted by Gasteiger charge is -2.19. The SMILES string of the molecule is C[C@H](N[C@H](C)C(=O)Nc1ccccc1F)c1cccs1. The van der Waals surface area contributed by atoms with Gasteiger partial charge in [-0.15, -0.1) is 11.3 Å². The predicted octanol–water partition coefficient (Wildman–Crippen LogP) is 3.57. The molecular formula is C15H17FN2OS. The highest BCUT2D eigenvalue weighted by Gasteiger charge is 2.17. The average Bonchev–Trinajstić information content (AvgIpc) is 2.95. The van der Waals surface area contributed by atoms with Crippen molar-refractivity contribution in [3.8, 4) is 0 Å². The number of carbonyl (C=O) groups is 1. The van der Waals surface area contributed by atoms with Gasteiger partial charge in [0, 0.05) is 10.9 Å². The van der Waals surface area contributed by atoms with Gasteiger partial charge in [-0.05, 0) is 37.4 Å². The summed E-state index contributed by atoms with van der Waals surface area (Å²) >= 11 is 1.64. The van der Waals surface area contributed by atoms with Gasteiger partial charge in [0.25, 0.3) is 0 Å². The molecule has 0 saturated carbocycles. The van der Waals surface area contributed by atoms with Gasteiger partial charge in [-0.3, -0.25) is 10.1 Å². The van der Waals surface area contributed by atoms with E-state index in [0.29, 0.717) is 0 Å². The third kappa shape index (κ3) is 3.65. The van der Waals surface area contributed by atoms with E-state index in [1.165, 1.54) is 6.07 Å². The number of halogens is 1. The van der Waals surface area contributed by atoms with Crippen LogP contribution in [-0.4, -0.2) is 11.9 Å². The molecule has 0 saturated heterocycles. The molecule has 106 valence electrons. The van der Waals surface area contributed by atoms with Gasteiger partial charge in [-0.1, -0.05) is 18.2 Å². The van der Waals surface area contributed by atoms with E-state index in [9.17, 15) is 9.18 Å². The Kier molecular flexibility index (Phi) is 4.87. The maximum absolute atomic E-state index is 13.5. The van der Waals surface area contributed by atoms with Gasteiger partial charge >= 0.3 is 0 Å². The largest absolute Gasteiger partial charge is 0.322 e. The Morgan fingerprint density at radius 3 is 2.60 bits per heavy atom. The fourth-order valence-corrected chi connectivity index (χ4v) is 2.62. The third-order valence-electron chi connectivity index (χ3n) is 2.99. The van der Waals surface area contributed by atoms with Crippen LogP contribution < -0.4 is 10.6 Å². The molecule has 2 N–H and O–H groups in total. The van der Waals surface area contributed by atoms with Crippen LogP contribution in [0.1, 0.15) is 24.8 Å². The number of para-hydroxylation sites is 1. The predicted molar refractivity (Wildman–Crippen MR) is 80.4 cm³/mol. The van der Waals surface area contributed by atoms with E-state index < -0.39 is 11.9 Å². The zero-order valence-corrected chi connectivity index (χ0v) is 12.2. The van der Waals surface area contributed by atoms with Crippen LogP contribution in [0.15, 0.2) is 41.8 Å². The van der Waals surface area contributed by atoms with Crippen LogP contribution in [-0.2, 0) is 4.79 Å². The van der Waals surface area contributed by atoms with Crippen molar-refractivity contribution in [2.75, 3.05) is 5.32 Å². The molecule has 0 unspecified atom stereocenters. The first-order chi connectivity index (χ1) is 9.58. The summed E-state index contributed by atoms with van der Waals surface area (Å²) in [4.78, 5) is 13.2. The minimum absolute atomic E-state index is 0.0800. The molecule has 3 nitrogen and oxygen atoms in total. The van der Waals surface area contributed by atoms with Crippen molar-refractivity contribution in [3.05, 3.63) is 52.5 Å². The van der Waals surface area contributed by atoms with E-state index in [-0.39, 0.29) is 17.6 Å². The zero-order chi connectivity index (χ0) is 14.5. The van der Waals surface area contributed by atoms with E-state index in [0.717, 1.165) is 4.88 Å². The van der Waals surface area contributed by atoms with Gasteiger partial charge in [-0.25, -0.2) is 4.39 Å². The number of hydrogen-bond donors (Lipinski definition) is 2. The first kappa shape index (κ1) is 14.7. The second kappa shape index (κ2) is 6.63. The molecule has 1 amide bonds. The zero-order valence-electron chi connectivity index (χ0n) is 11.4. The highest BCUT2D eigenvalue weighted by atomic mass is 32.1. The van der Waals surface area contributed by atoms with E-state index in [1.807, 2.05) is 24.4 Å². The molecule has 20 heavy (non-hydrogen) atoms. The van der Waals surface area contributed by atoms with E-state index in [2.05, 4.69) is 10.6 Å². The Hall–Kier alpha value is -1.72. The molecule has 0 bridgehead atoms. The summed E-state index contributed by atoms with van der Waals surface area (Å²) in [7, 11) is 0. The van der Waals surface area contributed by atoms with E-state index >= 15 is 0 Å². The summed E-state index contributed by atoms with van der Waals surface area (Å²) in [6.07, 6.45) is 0. The lowest BCUT2D eigenvalue weighted by Crippen LogP contribution is -2.39. The summed E-state index contributed by atoms with van der Waals surface area (Å²) in [5.74, 6) is -0.683. The van der Waals surface area contributed by atoms with Crippen molar-refractivity contribution in [2.45, 2.75) is 25.9 Å². The van der Waals surface area contributed by atoms with Gasteiger partial charge in [-0.2, -0.15) is 0 Å². The molecule has 2 rings (SSSR count). The molecule has 0 fully saturated rings. The number of benzene rings is 1. The first-order valence-corrected chi connectivity index (χ1v) is 7.30. The number of hydrogen-bond acceptors (Lipinski definition) is 3. The molecule has 2 atom stereocenters. The lowest BCUT2D eigenvalue weighted by molar-refractivity contribution is -0.118. The molecule has 0 radical (unpaired) electrons. The summed E-state index contributed by atoms with van der Waals surface area (Å²) < 4.78 is 13.5. The molecule has 2 aromatic rings. The Bertz CT molecular complexity index is 571. The van der Waals surface area contributed by atoms with Crippen LogP contribution in [0.25, 0.3) is 0 Å². The summed E-state index contributed by atoms with van der Waals surface area (Å²) in [5, 5.41) is 7.78. The number of nitrogens with one attached hydrogen (secondary N) is 2. The summed E-state index contributed by atoms with van der Waals surface area (Å²) in [5.41, 5.74) is 0.204. The highest BCUT2D eigenvalue weighted by Crippen LogP contribution is 2.19. The van der Waals surface area contributed by atoms with Crippen LogP contribution in [0.2, 0.25) is 0 Å². The first-order valence-electron chi connectivity index (χ1n) is 6.43. The molecule has 1 aromatic carbocycles. The number of thiophene rings is 1. The minimum Gasteiger partial charge on any atom is -0.322 e. The Labute approximate surface area is 121 Å². The summed E-state index contributed by atoms with van der Waals surface area (Å²) in [6.45, 7) is 3.76. The Morgan fingerprint density at radius 2 is 1.95 bits per heavy atom. The number of anilines is 1. The van der Waals surface area contributed by atoms with Crippen molar-refractivity contribution in [1.29, 1.82) is 0 Å². The molecule has 1 heterocycles. The molecule has 0 aliphatic heterocycles. The molecular weight excluding hydrogens is 275 g/mol. The number of amides is 1. The number of rotatable bonds is 5. The maximum Gasteiger partial charge on any atom is 0.241 e. The fourth-order valence-electron chi connectivity index (χ4n) is 1.87. The second-order valence-electron chi connectivity index (χ2n) is 4.59. The monoisotopic (exact) mass is 292 g/mol. The third-order valence-corrected chi connectivity index (χ3v) is 4.05. The van der Waals surface area contributed by atoms with Crippen molar-refractivity contribution >= 4 is 22.9 Å². The van der Waals surface area contributed by atoms with Crippen molar-refractivity contribution in [1.82, 2.24) is 5.32 Å². The molecule has 0 spiro atoms. The van der Waals surface area contributed by atoms with Gasteiger partial charge in [0.1, 0.15) is 5.82 Å². The normalized spacial score (nSPS) is 13.8. The van der Waals surface area contributed by atoms with Gasteiger partial charge in [0.2, 0.25) is 5.91 Å². The fraction of sp³-hybridized carbons (Fsp3) is 0.267. The van der Waals surface area contributed by atoms with Crippen LogP contribution >= 0.6 is 11.3 Å². The molecule has 0 aliphatic rings. The van der Waals surface area contributed by atoms with Gasteiger partial charge in [0.15, 0.2) is 0 Å². The van der Waals surface area contributed by atoms with Crippen LogP contribution in [0.4, 0.5) is 10.1 Å². The van der Waals surface area contributed by atoms with E-state index in [1.54, 1.807) is 36.5 Å². The Balaban J connectivity index is 1.94. The summed E-state index contributed by atoms with van der Waals surface area (Å²) in [6, 6.07) is 9.80. The van der Waals surface area contributed by atoms with Gasteiger partial charge in [0.05, 0.1) is 11.7 Å². The quantitative estimate of drug-likeness (QED) is 0.884. The smallest absolute Gasteiger partial charge is 0.241 e. The van der Waals surface area contributed by atoms with Crippen LogP contribution in [0.5, 0.6) is 0 Å². The van der Waals surface area contributed by atoms with Crippen molar-refractivity contribution < 1.29 is 9.18 Å². The number of carbonyl (C=O) groups excluding carboxylic acids is 1. The maximum atomic E-state index is 13.5. The van der Waals surface area contributed by atoms with Crippen molar-refractivity contribution in [2.24, 2.45) is 0 Å². The van der Waals surface area contributed by atoms with Crippen molar-refractivity contribution in [3.63, 3.8) is 0 Å². The minimum atomic E-state index is -0.431. The average molecular weight is 292 g/mol. The van der Waals surface area contributed by atoms with E-state index in [4.69, 9.17) is 0 Å². The van der Waals surface area contributed by atoms with Crippen LogP contribution in [0, 0.1) is 5.82 Å². The molecule has 5 heteroatoms. The van der Waals surface area contributed by atoms with Gasteiger partial charge < -0.3 is 5.32 Å². The van der Waals surface area contributed by atoms with Crippen LogP contribution in [0.3, 0.4) is 0 Å². The Morgan fingerprint density at radius 1 is 1.20 bits per heavy atom. The lowest BCUT2D eigenvalue weighted by atomic mass is 10.2. The topological polar surface area (TPSA) is 41.1 Å². The highest BCUT2D eigenvalue weighted by molar-refractivity contribution is 7.10.